The second-order valence-corrected chi connectivity index (χ2v) is 12.7. The molecule has 0 amide bonds. The lowest BCUT2D eigenvalue weighted by Gasteiger charge is -2.26. The largest absolute Gasteiger partial charge is 0.497 e. The topological polar surface area (TPSA) is 113 Å². The van der Waals surface area contributed by atoms with Crippen LogP contribution in [0.5, 0.6) is 5.75 Å². The fourth-order valence-electron chi connectivity index (χ4n) is 4.04. The molecule has 1 unspecified atom stereocenters. The van der Waals surface area contributed by atoms with Crippen LogP contribution in [0.15, 0.2) is 107 Å². The highest BCUT2D eigenvalue weighted by molar-refractivity contribution is 7.87. The van der Waals surface area contributed by atoms with Crippen LogP contribution in [0.2, 0.25) is 0 Å². The summed E-state index contributed by atoms with van der Waals surface area (Å²) in [5, 5.41) is 0. The van der Waals surface area contributed by atoms with Gasteiger partial charge in [-0.2, -0.15) is 16.8 Å². The molecule has 214 valence electrons. The lowest BCUT2D eigenvalue weighted by Crippen LogP contribution is -2.35. The first kappa shape index (κ1) is 30.1. The number of ether oxygens (including phenoxy) is 1. The number of carbonyl (C=O) groups excluding carboxylic acids is 1. The van der Waals surface area contributed by atoms with Crippen LogP contribution >= 0.6 is 0 Å². The monoisotopic (exact) mass is 594 g/mol. The summed E-state index contributed by atoms with van der Waals surface area (Å²) >= 11 is 0. The van der Waals surface area contributed by atoms with Crippen LogP contribution in [0.3, 0.4) is 0 Å². The van der Waals surface area contributed by atoms with E-state index < -0.39 is 38.2 Å². The molecule has 0 aliphatic carbocycles. The smallest absolute Gasteiger partial charge is 0.299 e. The molecule has 1 atom stereocenters. The van der Waals surface area contributed by atoms with Gasteiger partial charge in [0.15, 0.2) is 5.78 Å². The maximum Gasteiger partial charge on any atom is 0.299 e. The van der Waals surface area contributed by atoms with Crippen molar-refractivity contribution in [3.8, 4) is 5.75 Å². The van der Waals surface area contributed by atoms with E-state index in [1.165, 1.54) is 43.5 Å². The third kappa shape index (κ3) is 7.28. The van der Waals surface area contributed by atoms with Crippen molar-refractivity contribution in [3.05, 3.63) is 125 Å². The quantitative estimate of drug-likeness (QED) is 0.123. The lowest BCUT2D eigenvalue weighted by atomic mass is 9.89. The van der Waals surface area contributed by atoms with Gasteiger partial charge in [0.05, 0.1) is 16.9 Å². The minimum atomic E-state index is -4.59. The van der Waals surface area contributed by atoms with Crippen LogP contribution in [-0.2, 0) is 28.6 Å². The summed E-state index contributed by atoms with van der Waals surface area (Å²) in [6, 6.07) is 24.5. The average molecular weight is 595 g/mol. The van der Waals surface area contributed by atoms with Crippen molar-refractivity contribution in [2.45, 2.75) is 42.8 Å². The highest BCUT2D eigenvalue weighted by atomic mass is 32.2. The Labute approximate surface area is 240 Å². The molecule has 0 saturated carbocycles. The van der Waals surface area contributed by atoms with E-state index >= 15 is 0 Å². The van der Waals surface area contributed by atoms with E-state index in [1.54, 1.807) is 74.5 Å². The molecule has 4 rings (SSSR count). The Morgan fingerprint density at radius 2 is 0.976 bits per heavy atom. The molecule has 8 nitrogen and oxygen atoms in total. The zero-order valence-electron chi connectivity index (χ0n) is 23.0. The van der Waals surface area contributed by atoms with Gasteiger partial charge in [0.2, 0.25) is 6.29 Å². The minimum Gasteiger partial charge on any atom is -0.497 e. The molecule has 41 heavy (non-hydrogen) atoms. The maximum atomic E-state index is 14.0. The molecule has 10 heteroatoms. The summed E-state index contributed by atoms with van der Waals surface area (Å²) in [5.74, 6) is -1.62. The summed E-state index contributed by atoms with van der Waals surface area (Å²) in [4.78, 5) is 13.6. The van der Waals surface area contributed by atoms with Crippen LogP contribution in [0, 0.1) is 20.8 Å². The molecular weight excluding hydrogens is 564 g/mol. The van der Waals surface area contributed by atoms with Gasteiger partial charge < -0.3 is 4.74 Å². The van der Waals surface area contributed by atoms with Crippen molar-refractivity contribution in [2.24, 2.45) is 0 Å². The molecule has 4 aromatic carbocycles. The Bertz CT molecular complexity index is 1630. The van der Waals surface area contributed by atoms with E-state index in [0.717, 1.165) is 16.7 Å². The molecule has 0 fully saturated rings. The Kier molecular flexibility index (Phi) is 9.08. The second kappa shape index (κ2) is 12.4. The maximum absolute atomic E-state index is 14.0. The van der Waals surface area contributed by atoms with Crippen molar-refractivity contribution in [3.63, 3.8) is 0 Å². The third-order valence-electron chi connectivity index (χ3n) is 6.43. The molecular formula is C31H30O8S2. The molecule has 0 radical (unpaired) electrons. The van der Waals surface area contributed by atoms with Gasteiger partial charge in [0, 0.05) is 5.56 Å². The van der Waals surface area contributed by atoms with Crippen LogP contribution in [0.25, 0.3) is 0 Å². The molecule has 0 heterocycles. The molecule has 0 N–H and O–H groups in total. The summed E-state index contributed by atoms with van der Waals surface area (Å²) in [5.41, 5.74) is 3.00. The number of benzene rings is 4. The van der Waals surface area contributed by atoms with Gasteiger partial charge in [-0.15, -0.1) is 0 Å². The Balaban J connectivity index is 1.87. The number of carbonyl (C=O) groups is 1. The standard InChI is InChI=1S/C31H30O8S2/c1-21-5-11-25(12-6-21)30(32)29(24-13-15-26(37-4)16-14-24)31(38-40(33,34)27-17-7-22(2)8-18-27)39-41(35,36)28-19-9-23(3)10-20-28/h5-20,29,31H,1-4H3. The Hall–Kier alpha value is -3.83. The van der Waals surface area contributed by atoms with Crippen LogP contribution in [0.4, 0.5) is 0 Å². The summed E-state index contributed by atoms with van der Waals surface area (Å²) in [6.45, 7) is 5.43. The van der Waals surface area contributed by atoms with E-state index in [0.29, 0.717) is 5.75 Å². The third-order valence-corrected chi connectivity index (χ3v) is 9.01. The predicted octanol–water partition coefficient (Wildman–Crippen LogP) is 5.72. The average Bonchev–Trinajstić information content (AvgIpc) is 2.94. The van der Waals surface area contributed by atoms with E-state index in [-0.39, 0.29) is 20.9 Å². The highest BCUT2D eigenvalue weighted by Crippen LogP contribution is 2.33. The SMILES string of the molecule is COc1ccc(C(C(=O)c2ccc(C)cc2)C(OS(=O)(=O)c2ccc(C)cc2)OS(=O)(=O)c2ccc(C)cc2)cc1. The summed E-state index contributed by atoms with van der Waals surface area (Å²) in [7, 11) is -7.71. The molecule has 0 saturated heterocycles. The van der Waals surface area contributed by atoms with Crippen LogP contribution < -0.4 is 4.74 Å². The predicted molar refractivity (Wildman–Crippen MR) is 154 cm³/mol. The van der Waals surface area contributed by atoms with Crippen molar-refractivity contribution in [2.75, 3.05) is 7.11 Å². The lowest BCUT2D eigenvalue weighted by molar-refractivity contribution is -0.00118. The number of Topliss-reactive ketones (excluding diaryl/α,β-unsaturated/α-hetero) is 1. The van der Waals surface area contributed by atoms with E-state index in [9.17, 15) is 21.6 Å². The molecule has 0 spiro atoms. The van der Waals surface area contributed by atoms with Crippen molar-refractivity contribution >= 4 is 26.0 Å². The van der Waals surface area contributed by atoms with Gasteiger partial charge >= 0.3 is 0 Å². The Morgan fingerprint density at radius 3 is 1.37 bits per heavy atom. The minimum absolute atomic E-state index is 0.217. The highest BCUT2D eigenvalue weighted by Gasteiger charge is 2.40. The number of aryl methyl sites for hydroxylation is 3. The van der Waals surface area contributed by atoms with Crippen molar-refractivity contribution in [1.82, 2.24) is 0 Å². The van der Waals surface area contributed by atoms with Crippen LogP contribution in [-0.4, -0.2) is 36.0 Å². The van der Waals surface area contributed by atoms with Gasteiger partial charge in [0.25, 0.3) is 20.2 Å². The number of rotatable bonds is 11. The van der Waals surface area contributed by atoms with Gasteiger partial charge in [0.1, 0.15) is 11.7 Å². The van der Waals surface area contributed by atoms with Gasteiger partial charge in [-0.05, 0) is 62.7 Å². The van der Waals surface area contributed by atoms with Crippen molar-refractivity contribution in [1.29, 1.82) is 0 Å². The molecule has 0 bridgehead atoms. The molecule has 0 aromatic heterocycles. The fraction of sp³-hybridized carbons (Fsp3) is 0.194. The molecule has 4 aromatic rings. The second-order valence-electron chi connectivity index (χ2n) is 9.58. The molecule has 0 aliphatic rings. The summed E-state index contributed by atoms with van der Waals surface area (Å²) < 4.78 is 70.0. The van der Waals surface area contributed by atoms with E-state index in [1.807, 2.05) is 6.92 Å². The number of hydrogen-bond donors (Lipinski definition) is 0. The first-order valence-corrected chi connectivity index (χ1v) is 15.5. The van der Waals surface area contributed by atoms with Gasteiger partial charge in [-0.25, -0.2) is 8.37 Å². The zero-order valence-corrected chi connectivity index (χ0v) is 24.6. The normalized spacial score (nSPS) is 12.7. The van der Waals surface area contributed by atoms with Gasteiger partial charge in [-0.3, -0.25) is 4.79 Å². The van der Waals surface area contributed by atoms with E-state index in [2.05, 4.69) is 0 Å². The van der Waals surface area contributed by atoms with Crippen molar-refractivity contribution < 1.29 is 34.7 Å². The van der Waals surface area contributed by atoms with Crippen LogP contribution in [0.1, 0.15) is 38.5 Å². The van der Waals surface area contributed by atoms with Gasteiger partial charge in [-0.1, -0.05) is 77.4 Å². The first-order chi connectivity index (χ1) is 19.4. The summed E-state index contributed by atoms with van der Waals surface area (Å²) in [6.07, 6.45) is -2.09. The zero-order chi connectivity index (χ0) is 29.8. The number of hydrogen-bond acceptors (Lipinski definition) is 8. The first-order valence-electron chi connectivity index (χ1n) is 12.6. The number of methoxy groups -OCH3 is 1. The number of ketones is 1. The van der Waals surface area contributed by atoms with E-state index in [4.69, 9.17) is 13.1 Å². The molecule has 0 aliphatic heterocycles. The fourth-order valence-corrected chi connectivity index (χ4v) is 6.05. The Morgan fingerprint density at radius 1 is 0.585 bits per heavy atom.